The van der Waals surface area contributed by atoms with Gasteiger partial charge in [-0.3, -0.25) is 4.72 Å². The average Bonchev–Trinajstić information content (AvgIpc) is 2.34. The van der Waals surface area contributed by atoms with E-state index in [1.807, 2.05) is 6.92 Å². The van der Waals surface area contributed by atoms with Crippen LogP contribution in [0.15, 0.2) is 46.0 Å². The molecule has 0 saturated carbocycles. The molecular weight excluding hydrogens is 352 g/mol. The van der Waals surface area contributed by atoms with Gasteiger partial charge in [0.1, 0.15) is 9.50 Å². The van der Waals surface area contributed by atoms with E-state index in [0.717, 1.165) is 5.56 Å². The maximum Gasteiger partial charge on any atom is 0.263 e. The van der Waals surface area contributed by atoms with E-state index in [9.17, 15) is 8.42 Å². The summed E-state index contributed by atoms with van der Waals surface area (Å²) in [6, 6.07) is 7.95. The first-order chi connectivity index (χ1) is 8.90. The first-order valence-corrected chi connectivity index (χ1v) is 7.95. The highest BCUT2D eigenvalue weighted by atomic mass is 79.9. The van der Waals surface area contributed by atoms with Crippen molar-refractivity contribution < 1.29 is 8.42 Å². The number of hydrogen-bond acceptors (Lipinski definition) is 3. The summed E-state index contributed by atoms with van der Waals surface area (Å²) in [6.07, 6.45) is 1.44. The maximum atomic E-state index is 12.2. The number of aryl methyl sites for hydroxylation is 1. The number of anilines is 1. The third-order valence-electron chi connectivity index (χ3n) is 2.39. The Bertz CT molecular complexity index is 719. The first-order valence-electron chi connectivity index (χ1n) is 5.29. The average molecular weight is 362 g/mol. The number of rotatable bonds is 3. The number of hydrogen-bond donors (Lipinski definition) is 1. The molecule has 1 aromatic carbocycles. The Morgan fingerprint density at radius 2 is 2.00 bits per heavy atom. The largest absolute Gasteiger partial charge is 0.278 e. The molecule has 0 aliphatic heterocycles. The van der Waals surface area contributed by atoms with Crippen molar-refractivity contribution in [3.63, 3.8) is 0 Å². The molecule has 0 amide bonds. The van der Waals surface area contributed by atoms with E-state index in [0.29, 0.717) is 10.3 Å². The highest BCUT2D eigenvalue weighted by molar-refractivity contribution is 9.10. The van der Waals surface area contributed by atoms with Crippen LogP contribution in [0.5, 0.6) is 0 Å². The monoisotopic (exact) mass is 360 g/mol. The predicted molar refractivity (Wildman–Crippen MR) is 78.9 cm³/mol. The summed E-state index contributed by atoms with van der Waals surface area (Å²) in [4.78, 5) is 4.07. The molecule has 1 N–H and O–H groups in total. The molecule has 0 aliphatic carbocycles. The molecule has 0 radical (unpaired) electrons. The van der Waals surface area contributed by atoms with Crippen LogP contribution in [0.3, 0.4) is 0 Å². The van der Waals surface area contributed by atoms with Crippen molar-refractivity contribution >= 4 is 43.2 Å². The molecule has 0 saturated heterocycles. The Hall–Kier alpha value is -1.11. The van der Waals surface area contributed by atoms with Gasteiger partial charge < -0.3 is 0 Å². The second kappa shape index (κ2) is 5.48. The Labute approximate surface area is 125 Å². The standard InChI is InChI=1S/C12H10BrClN2O2S/c1-8-6-9(7-15-12(8)13)16-19(17,18)11-5-3-2-4-10(11)14/h2-7,16H,1H3. The zero-order valence-electron chi connectivity index (χ0n) is 9.89. The van der Waals surface area contributed by atoms with E-state index >= 15 is 0 Å². The van der Waals surface area contributed by atoms with E-state index in [1.54, 1.807) is 18.2 Å². The topological polar surface area (TPSA) is 59.1 Å². The van der Waals surface area contributed by atoms with Crippen LogP contribution < -0.4 is 4.72 Å². The molecular formula is C12H10BrClN2O2S. The number of pyridine rings is 1. The van der Waals surface area contributed by atoms with Crippen LogP contribution in [0.2, 0.25) is 5.02 Å². The van der Waals surface area contributed by atoms with Crippen LogP contribution in [0.1, 0.15) is 5.56 Å². The van der Waals surface area contributed by atoms with E-state index < -0.39 is 10.0 Å². The van der Waals surface area contributed by atoms with Crippen molar-refractivity contribution in [2.24, 2.45) is 0 Å². The number of sulfonamides is 1. The molecule has 100 valence electrons. The zero-order valence-corrected chi connectivity index (χ0v) is 13.1. The van der Waals surface area contributed by atoms with Crippen LogP contribution in [-0.2, 0) is 10.0 Å². The smallest absolute Gasteiger partial charge is 0.263 e. The van der Waals surface area contributed by atoms with Gasteiger partial charge in [0.15, 0.2) is 0 Å². The molecule has 0 aliphatic rings. The van der Waals surface area contributed by atoms with Crippen LogP contribution >= 0.6 is 27.5 Å². The molecule has 1 heterocycles. The minimum atomic E-state index is -3.71. The Kier molecular flexibility index (Phi) is 4.13. The lowest BCUT2D eigenvalue weighted by Gasteiger charge is -2.10. The predicted octanol–water partition coefficient (Wildman–Crippen LogP) is 3.61. The van der Waals surface area contributed by atoms with Crippen LogP contribution in [-0.4, -0.2) is 13.4 Å². The van der Waals surface area contributed by atoms with Gasteiger partial charge in [-0.25, -0.2) is 13.4 Å². The van der Waals surface area contributed by atoms with Gasteiger partial charge in [0.05, 0.1) is 16.9 Å². The highest BCUT2D eigenvalue weighted by Crippen LogP contribution is 2.24. The fourth-order valence-electron chi connectivity index (χ4n) is 1.49. The SMILES string of the molecule is Cc1cc(NS(=O)(=O)c2ccccc2Cl)cnc1Br. The number of benzene rings is 1. The lowest BCUT2D eigenvalue weighted by atomic mass is 10.3. The second-order valence-corrected chi connectivity index (χ2v) is 6.68. The fraction of sp³-hybridized carbons (Fsp3) is 0.0833. The molecule has 4 nitrogen and oxygen atoms in total. The van der Waals surface area contributed by atoms with Crippen molar-refractivity contribution in [2.45, 2.75) is 11.8 Å². The summed E-state index contributed by atoms with van der Waals surface area (Å²) in [5.74, 6) is 0. The summed E-state index contributed by atoms with van der Waals surface area (Å²) in [6.45, 7) is 1.82. The molecule has 0 bridgehead atoms. The van der Waals surface area contributed by atoms with Crippen molar-refractivity contribution in [2.75, 3.05) is 4.72 Å². The van der Waals surface area contributed by atoms with E-state index in [4.69, 9.17) is 11.6 Å². The third-order valence-corrected chi connectivity index (χ3v) is 5.10. The van der Waals surface area contributed by atoms with Crippen LogP contribution in [0.4, 0.5) is 5.69 Å². The molecule has 0 spiro atoms. The van der Waals surface area contributed by atoms with Gasteiger partial charge in [0.2, 0.25) is 0 Å². The summed E-state index contributed by atoms with van der Waals surface area (Å²) >= 11 is 9.15. The van der Waals surface area contributed by atoms with E-state index in [2.05, 4.69) is 25.6 Å². The molecule has 0 unspecified atom stereocenters. The lowest BCUT2D eigenvalue weighted by Crippen LogP contribution is -2.13. The van der Waals surface area contributed by atoms with Gasteiger partial charge >= 0.3 is 0 Å². The molecule has 1 aromatic heterocycles. The van der Waals surface area contributed by atoms with E-state index in [1.165, 1.54) is 18.3 Å². The van der Waals surface area contributed by atoms with Crippen molar-refractivity contribution in [1.29, 1.82) is 0 Å². The minimum absolute atomic E-state index is 0.0391. The van der Waals surface area contributed by atoms with Gasteiger partial charge in [0, 0.05) is 0 Å². The van der Waals surface area contributed by atoms with Crippen LogP contribution in [0, 0.1) is 6.92 Å². The quantitative estimate of drug-likeness (QED) is 0.850. The van der Waals surface area contributed by atoms with E-state index in [-0.39, 0.29) is 9.92 Å². The summed E-state index contributed by atoms with van der Waals surface area (Å²) < 4.78 is 27.5. The molecule has 7 heteroatoms. The maximum absolute atomic E-state index is 12.2. The van der Waals surface area contributed by atoms with Crippen LogP contribution in [0.25, 0.3) is 0 Å². The Morgan fingerprint density at radius 1 is 1.32 bits per heavy atom. The molecule has 0 fully saturated rings. The molecule has 0 atom stereocenters. The zero-order chi connectivity index (χ0) is 14.0. The summed E-state index contributed by atoms with van der Waals surface area (Å²) in [5.41, 5.74) is 1.22. The first kappa shape index (κ1) is 14.3. The molecule has 19 heavy (non-hydrogen) atoms. The molecule has 2 rings (SSSR count). The Morgan fingerprint density at radius 3 is 2.63 bits per heavy atom. The fourth-order valence-corrected chi connectivity index (χ4v) is 3.26. The lowest BCUT2D eigenvalue weighted by molar-refractivity contribution is 0.601. The van der Waals surface area contributed by atoms with Crippen molar-refractivity contribution in [3.8, 4) is 0 Å². The molecule has 2 aromatic rings. The number of nitrogens with one attached hydrogen (secondary N) is 1. The third kappa shape index (κ3) is 3.26. The minimum Gasteiger partial charge on any atom is -0.278 e. The summed E-state index contributed by atoms with van der Waals surface area (Å²) in [5, 5.41) is 0.178. The van der Waals surface area contributed by atoms with Gasteiger partial charge in [0.25, 0.3) is 10.0 Å². The number of nitrogens with zero attached hydrogens (tertiary/aromatic N) is 1. The van der Waals surface area contributed by atoms with Gasteiger partial charge in [-0.15, -0.1) is 0 Å². The van der Waals surface area contributed by atoms with Crippen molar-refractivity contribution in [1.82, 2.24) is 4.98 Å². The van der Waals surface area contributed by atoms with Gasteiger partial charge in [-0.05, 0) is 46.6 Å². The highest BCUT2D eigenvalue weighted by Gasteiger charge is 2.17. The van der Waals surface area contributed by atoms with Gasteiger partial charge in [-0.1, -0.05) is 23.7 Å². The number of halogens is 2. The normalized spacial score (nSPS) is 11.3. The Balaban J connectivity index is 2.37. The second-order valence-electron chi connectivity index (χ2n) is 3.87. The number of aromatic nitrogens is 1. The summed E-state index contributed by atoms with van der Waals surface area (Å²) in [7, 11) is -3.71. The van der Waals surface area contributed by atoms with Gasteiger partial charge in [-0.2, -0.15) is 0 Å². The van der Waals surface area contributed by atoms with Crippen molar-refractivity contribution in [3.05, 3.63) is 51.7 Å².